The Bertz CT molecular complexity index is 845. The van der Waals surface area contributed by atoms with Crippen LogP contribution >= 0.6 is 0 Å². The minimum absolute atomic E-state index is 0.416. The number of anilines is 3. The second kappa shape index (κ2) is 7.75. The SMILES string of the molecule is Cc1ccccc1CNc1cnnc(Nc2ccccc2C(C)C)n1. The van der Waals surface area contributed by atoms with Crippen molar-refractivity contribution in [1.82, 2.24) is 15.2 Å². The number of aryl methyl sites for hydroxylation is 1. The van der Waals surface area contributed by atoms with Crippen molar-refractivity contribution in [3.05, 3.63) is 71.4 Å². The van der Waals surface area contributed by atoms with E-state index in [9.17, 15) is 0 Å². The van der Waals surface area contributed by atoms with E-state index in [-0.39, 0.29) is 0 Å². The standard InChI is InChI=1S/C20H23N5/c1-14(2)17-10-6-7-11-18(17)23-20-24-19(13-22-25-20)21-12-16-9-5-4-8-15(16)3/h4-11,13-14H,12H2,1-3H3,(H2,21,23,24,25). The number of rotatable bonds is 6. The van der Waals surface area contributed by atoms with Gasteiger partial charge in [0.1, 0.15) is 0 Å². The Morgan fingerprint density at radius 1 is 1.00 bits per heavy atom. The number of benzene rings is 2. The molecule has 1 heterocycles. The molecule has 5 nitrogen and oxygen atoms in total. The third-order valence-electron chi connectivity index (χ3n) is 4.11. The molecule has 0 saturated heterocycles. The van der Waals surface area contributed by atoms with Gasteiger partial charge in [-0.05, 0) is 35.6 Å². The molecule has 3 rings (SSSR count). The van der Waals surface area contributed by atoms with Gasteiger partial charge in [0.05, 0.1) is 6.20 Å². The monoisotopic (exact) mass is 333 g/mol. The minimum Gasteiger partial charge on any atom is -0.365 e. The van der Waals surface area contributed by atoms with Gasteiger partial charge in [-0.3, -0.25) is 0 Å². The maximum absolute atomic E-state index is 4.52. The lowest BCUT2D eigenvalue weighted by Crippen LogP contribution is -2.07. The van der Waals surface area contributed by atoms with Crippen molar-refractivity contribution in [3.63, 3.8) is 0 Å². The molecule has 5 heteroatoms. The third kappa shape index (κ3) is 4.32. The molecule has 0 bridgehead atoms. The number of aromatic nitrogens is 3. The highest BCUT2D eigenvalue weighted by Crippen LogP contribution is 2.25. The van der Waals surface area contributed by atoms with Crippen LogP contribution in [-0.4, -0.2) is 15.2 Å². The summed E-state index contributed by atoms with van der Waals surface area (Å²) in [7, 11) is 0. The van der Waals surface area contributed by atoms with E-state index in [0.717, 1.165) is 5.69 Å². The molecule has 0 spiro atoms. The van der Waals surface area contributed by atoms with Crippen molar-refractivity contribution in [3.8, 4) is 0 Å². The Morgan fingerprint density at radius 2 is 1.76 bits per heavy atom. The molecule has 0 amide bonds. The number of nitrogens with zero attached hydrogens (tertiary/aromatic N) is 3. The highest BCUT2D eigenvalue weighted by molar-refractivity contribution is 5.59. The maximum Gasteiger partial charge on any atom is 0.249 e. The van der Waals surface area contributed by atoms with E-state index >= 15 is 0 Å². The summed E-state index contributed by atoms with van der Waals surface area (Å²) in [4.78, 5) is 4.52. The quantitative estimate of drug-likeness (QED) is 0.687. The zero-order valence-corrected chi connectivity index (χ0v) is 14.8. The highest BCUT2D eigenvalue weighted by atomic mass is 15.3. The van der Waals surface area contributed by atoms with Crippen LogP contribution in [0.5, 0.6) is 0 Å². The van der Waals surface area contributed by atoms with Gasteiger partial charge in [0, 0.05) is 12.2 Å². The summed E-state index contributed by atoms with van der Waals surface area (Å²) in [5.41, 5.74) is 4.72. The molecule has 0 aliphatic rings. The van der Waals surface area contributed by atoms with Crippen molar-refractivity contribution in [2.24, 2.45) is 0 Å². The van der Waals surface area contributed by atoms with E-state index in [1.54, 1.807) is 6.20 Å². The molecule has 128 valence electrons. The second-order valence-electron chi connectivity index (χ2n) is 6.31. The smallest absolute Gasteiger partial charge is 0.249 e. The molecule has 2 aromatic carbocycles. The van der Waals surface area contributed by atoms with Crippen molar-refractivity contribution >= 4 is 17.5 Å². The summed E-state index contributed by atoms with van der Waals surface area (Å²) in [5.74, 6) is 1.60. The molecule has 0 atom stereocenters. The molecule has 0 aliphatic heterocycles. The zero-order chi connectivity index (χ0) is 17.6. The molecule has 25 heavy (non-hydrogen) atoms. The Morgan fingerprint density at radius 3 is 2.56 bits per heavy atom. The van der Waals surface area contributed by atoms with Crippen LogP contribution in [0.4, 0.5) is 17.5 Å². The van der Waals surface area contributed by atoms with Gasteiger partial charge in [0.15, 0.2) is 5.82 Å². The average Bonchev–Trinajstić information content (AvgIpc) is 2.62. The topological polar surface area (TPSA) is 62.7 Å². The largest absolute Gasteiger partial charge is 0.365 e. The van der Waals surface area contributed by atoms with Crippen LogP contribution in [0.2, 0.25) is 0 Å². The lowest BCUT2D eigenvalue weighted by molar-refractivity contribution is 0.867. The van der Waals surface area contributed by atoms with Crippen molar-refractivity contribution in [2.75, 3.05) is 10.6 Å². The number of para-hydroxylation sites is 1. The molecule has 0 fully saturated rings. The Hall–Kier alpha value is -2.95. The van der Waals surface area contributed by atoms with Crippen molar-refractivity contribution < 1.29 is 0 Å². The van der Waals surface area contributed by atoms with Gasteiger partial charge in [0.2, 0.25) is 5.95 Å². The van der Waals surface area contributed by atoms with E-state index in [2.05, 4.69) is 64.8 Å². The first kappa shape index (κ1) is 16.9. The number of hydrogen-bond donors (Lipinski definition) is 2. The van der Waals surface area contributed by atoms with Crippen LogP contribution in [0.1, 0.15) is 36.5 Å². The van der Waals surface area contributed by atoms with Crippen LogP contribution in [0, 0.1) is 6.92 Å². The maximum atomic E-state index is 4.52. The zero-order valence-electron chi connectivity index (χ0n) is 14.8. The van der Waals surface area contributed by atoms with Gasteiger partial charge >= 0.3 is 0 Å². The first-order valence-corrected chi connectivity index (χ1v) is 8.47. The summed E-state index contributed by atoms with van der Waals surface area (Å²) in [6.07, 6.45) is 1.64. The van der Waals surface area contributed by atoms with Crippen LogP contribution in [-0.2, 0) is 6.54 Å². The molecule has 2 N–H and O–H groups in total. The van der Waals surface area contributed by atoms with Gasteiger partial charge in [-0.1, -0.05) is 56.3 Å². The van der Waals surface area contributed by atoms with Gasteiger partial charge in [-0.2, -0.15) is 10.1 Å². The molecular formula is C20H23N5. The first-order chi connectivity index (χ1) is 12.1. The lowest BCUT2D eigenvalue weighted by atomic mass is 10.0. The molecule has 0 radical (unpaired) electrons. The lowest BCUT2D eigenvalue weighted by Gasteiger charge is -2.14. The Labute approximate surface area is 148 Å². The summed E-state index contributed by atoms with van der Waals surface area (Å²) < 4.78 is 0. The molecule has 1 aromatic heterocycles. The predicted molar refractivity (Wildman–Crippen MR) is 102 cm³/mol. The number of hydrogen-bond acceptors (Lipinski definition) is 5. The average molecular weight is 333 g/mol. The molecular weight excluding hydrogens is 310 g/mol. The van der Waals surface area contributed by atoms with Crippen LogP contribution < -0.4 is 10.6 Å². The van der Waals surface area contributed by atoms with E-state index in [4.69, 9.17) is 0 Å². The van der Waals surface area contributed by atoms with Crippen molar-refractivity contribution in [1.29, 1.82) is 0 Å². The highest BCUT2D eigenvalue weighted by Gasteiger charge is 2.08. The fourth-order valence-electron chi connectivity index (χ4n) is 2.67. The van der Waals surface area contributed by atoms with E-state index < -0.39 is 0 Å². The fraction of sp³-hybridized carbons (Fsp3) is 0.250. The van der Waals surface area contributed by atoms with Crippen LogP contribution in [0.3, 0.4) is 0 Å². The second-order valence-corrected chi connectivity index (χ2v) is 6.31. The Kier molecular flexibility index (Phi) is 5.23. The fourth-order valence-corrected chi connectivity index (χ4v) is 2.67. The summed E-state index contributed by atoms with van der Waals surface area (Å²) in [5, 5.41) is 14.7. The molecule has 0 saturated carbocycles. The van der Waals surface area contributed by atoms with E-state index in [0.29, 0.717) is 24.2 Å². The Balaban J connectivity index is 1.73. The van der Waals surface area contributed by atoms with E-state index in [1.165, 1.54) is 16.7 Å². The first-order valence-electron chi connectivity index (χ1n) is 8.47. The normalized spacial score (nSPS) is 10.7. The minimum atomic E-state index is 0.416. The number of nitrogens with one attached hydrogen (secondary N) is 2. The summed E-state index contributed by atoms with van der Waals surface area (Å²) in [6.45, 7) is 7.14. The van der Waals surface area contributed by atoms with Gasteiger partial charge in [0.25, 0.3) is 0 Å². The van der Waals surface area contributed by atoms with Gasteiger partial charge in [-0.15, -0.1) is 5.10 Å². The molecule has 0 aliphatic carbocycles. The van der Waals surface area contributed by atoms with Gasteiger partial charge in [-0.25, -0.2) is 0 Å². The van der Waals surface area contributed by atoms with E-state index in [1.807, 2.05) is 30.3 Å². The summed E-state index contributed by atoms with van der Waals surface area (Å²) in [6, 6.07) is 16.5. The third-order valence-corrected chi connectivity index (χ3v) is 4.11. The molecule has 0 unspecified atom stereocenters. The van der Waals surface area contributed by atoms with Crippen molar-refractivity contribution in [2.45, 2.75) is 33.2 Å². The van der Waals surface area contributed by atoms with Crippen LogP contribution in [0.15, 0.2) is 54.7 Å². The summed E-state index contributed by atoms with van der Waals surface area (Å²) >= 11 is 0. The van der Waals surface area contributed by atoms with Gasteiger partial charge < -0.3 is 10.6 Å². The van der Waals surface area contributed by atoms with Crippen LogP contribution in [0.25, 0.3) is 0 Å². The molecule has 3 aromatic rings. The predicted octanol–water partition coefficient (Wildman–Crippen LogP) is 4.66.